The van der Waals surface area contributed by atoms with E-state index in [4.69, 9.17) is 0 Å². The largest absolute Gasteiger partial charge is 0.336 e. The standard InChI is InChI=1S/C17H21F2N3O3S2/c1-21(2)7-8-22(12-13-5-6-14(18)10-15(13)19)16(23)11-20-27(24,25)17-4-3-9-26-17/h3-6,9-10,20H,7-8,11-12H2,1-2H3. The van der Waals surface area contributed by atoms with Crippen LogP contribution in [0.2, 0.25) is 0 Å². The molecule has 1 N–H and O–H groups in total. The summed E-state index contributed by atoms with van der Waals surface area (Å²) in [5.41, 5.74) is 0.157. The first kappa shape index (κ1) is 21.4. The number of hydrogen-bond acceptors (Lipinski definition) is 5. The highest BCUT2D eigenvalue weighted by atomic mass is 32.2. The number of nitrogens with one attached hydrogen (secondary N) is 1. The van der Waals surface area contributed by atoms with Gasteiger partial charge < -0.3 is 9.80 Å². The summed E-state index contributed by atoms with van der Waals surface area (Å²) in [6.45, 7) is 0.242. The van der Waals surface area contributed by atoms with Gasteiger partial charge in [0, 0.05) is 31.3 Å². The average Bonchev–Trinajstić information content (AvgIpc) is 3.13. The minimum absolute atomic E-state index is 0.0838. The second kappa shape index (κ2) is 9.36. The number of carbonyl (C=O) groups excluding carboxylic acids is 1. The van der Waals surface area contributed by atoms with Crippen LogP contribution in [0.4, 0.5) is 8.78 Å². The normalized spacial score (nSPS) is 11.7. The zero-order chi connectivity index (χ0) is 20.0. The first-order valence-electron chi connectivity index (χ1n) is 8.08. The SMILES string of the molecule is CN(C)CCN(Cc1ccc(F)cc1F)C(=O)CNS(=O)(=O)c1cccs1. The molecule has 0 aliphatic rings. The van der Waals surface area contributed by atoms with E-state index in [1.807, 2.05) is 19.0 Å². The van der Waals surface area contributed by atoms with E-state index in [0.717, 1.165) is 23.5 Å². The first-order chi connectivity index (χ1) is 12.7. The average molecular weight is 418 g/mol. The lowest BCUT2D eigenvalue weighted by Gasteiger charge is -2.25. The predicted octanol–water partition coefficient (Wildman–Crippen LogP) is 1.89. The quantitative estimate of drug-likeness (QED) is 0.677. The van der Waals surface area contributed by atoms with E-state index in [0.29, 0.717) is 6.54 Å². The Morgan fingerprint density at radius 3 is 2.52 bits per heavy atom. The van der Waals surface area contributed by atoms with Gasteiger partial charge in [-0.05, 0) is 31.6 Å². The molecule has 0 unspecified atom stereocenters. The highest BCUT2D eigenvalue weighted by molar-refractivity contribution is 7.91. The van der Waals surface area contributed by atoms with Crippen molar-refractivity contribution in [1.29, 1.82) is 0 Å². The van der Waals surface area contributed by atoms with Crippen molar-refractivity contribution in [2.75, 3.05) is 33.7 Å². The molecule has 0 saturated heterocycles. The van der Waals surface area contributed by atoms with E-state index in [9.17, 15) is 22.0 Å². The lowest BCUT2D eigenvalue weighted by Crippen LogP contribution is -2.42. The fourth-order valence-corrected chi connectivity index (χ4v) is 4.24. The minimum Gasteiger partial charge on any atom is -0.336 e. The molecule has 0 saturated carbocycles. The van der Waals surface area contributed by atoms with Gasteiger partial charge in [-0.1, -0.05) is 12.1 Å². The maximum atomic E-state index is 13.9. The number of halogens is 2. The van der Waals surface area contributed by atoms with Gasteiger partial charge in [0.05, 0.1) is 6.54 Å². The number of hydrogen-bond donors (Lipinski definition) is 1. The molecule has 0 aliphatic carbocycles. The molecule has 0 spiro atoms. The summed E-state index contributed by atoms with van der Waals surface area (Å²) in [6, 6.07) is 6.18. The van der Waals surface area contributed by atoms with Gasteiger partial charge in [-0.15, -0.1) is 11.3 Å². The Morgan fingerprint density at radius 2 is 1.93 bits per heavy atom. The van der Waals surface area contributed by atoms with Gasteiger partial charge in [0.25, 0.3) is 10.0 Å². The Balaban J connectivity index is 2.09. The van der Waals surface area contributed by atoms with Gasteiger partial charge in [-0.3, -0.25) is 4.79 Å². The van der Waals surface area contributed by atoms with Crippen LogP contribution in [0.3, 0.4) is 0 Å². The van der Waals surface area contributed by atoms with Crippen molar-refractivity contribution in [2.45, 2.75) is 10.8 Å². The summed E-state index contributed by atoms with van der Waals surface area (Å²) >= 11 is 1.04. The smallest absolute Gasteiger partial charge is 0.250 e. The van der Waals surface area contributed by atoms with Gasteiger partial charge in [-0.2, -0.15) is 0 Å². The summed E-state index contributed by atoms with van der Waals surface area (Å²) in [4.78, 5) is 15.7. The van der Waals surface area contributed by atoms with Crippen LogP contribution in [0, 0.1) is 11.6 Å². The number of nitrogens with zero attached hydrogens (tertiary/aromatic N) is 2. The number of sulfonamides is 1. The predicted molar refractivity (Wildman–Crippen MR) is 99.8 cm³/mol. The monoisotopic (exact) mass is 417 g/mol. The van der Waals surface area contributed by atoms with E-state index < -0.39 is 34.1 Å². The van der Waals surface area contributed by atoms with Crippen molar-refractivity contribution in [3.05, 3.63) is 52.9 Å². The Kier molecular flexibility index (Phi) is 7.42. The molecule has 27 heavy (non-hydrogen) atoms. The molecule has 1 aromatic carbocycles. The maximum absolute atomic E-state index is 13.9. The number of amides is 1. The molecule has 2 rings (SSSR count). The Hall–Kier alpha value is -1.88. The van der Waals surface area contributed by atoms with Crippen LogP contribution in [0.5, 0.6) is 0 Å². The number of likely N-dealkylation sites (N-methyl/N-ethyl adjacent to an activating group) is 1. The summed E-state index contributed by atoms with van der Waals surface area (Å²) in [5, 5.41) is 1.62. The van der Waals surface area contributed by atoms with Crippen LogP contribution >= 0.6 is 11.3 Å². The van der Waals surface area contributed by atoms with E-state index >= 15 is 0 Å². The number of benzene rings is 1. The third kappa shape index (κ3) is 6.35. The topological polar surface area (TPSA) is 69.7 Å². The third-order valence-electron chi connectivity index (χ3n) is 3.72. The van der Waals surface area contributed by atoms with Crippen molar-refractivity contribution in [2.24, 2.45) is 0 Å². The summed E-state index contributed by atoms with van der Waals surface area (Å²) in [6.07, 6.45) is 0. The molecule has 148 valence electrons. The van der Waals surface area contributed by atoms with Crippen LogP contribution in [0.25, 0.3) is 0 Å². The van der Waals surface area contributed by atoms with Crippen molar-refractivity contribution in [1.82, 2.24) is 14.5 Å². The van der Waals surface area contributed by atoms with Crippen molar-refractivity contribution >= 4 is 27.3 Å². The molecule has 1 heterocycles. The third-order valence-corrected chi connectivity index (χ3v) is 6.52. The maximum Gasteiger partial charge on any atom is 0.250 e. The number of thiophene rings is 1. The van der Waals surface area contributed by atoms with Crippen molar-refractivity contribution < 1.29 is 22.0 Å². The Morgan fingerprint density at radius 1 is 1.19 bits per heavy atom. The number of carbonyl (C=O) groups is 1. The molecule has 10 heteroatoms. The molecule has 2 aromatic rings. The highest BCUT2D eigenvalue weighted by Gasteiger charge is 2.21. The molecular weight excluding hydrogens is 396 g/mol. The summed E-state index contributed by atoms with van der Waals surface area (Å²) in [5.74, 6) is -1.95. The molecule has 0 bridgehead atoms. The minimum atomic E-state index is -3.78. The van der Waals surface area contributed by atoms with Gasteiger partial charge in [0.1, 0.15) is 15.8 Å². The van der Waals surface area contributed by atoms with Crippen molar-refractivity contribution in [3.8, 4) is 0 Å². The van der Waals surface area contributed by atoms with Gasteiger partial charge in [-0.25, -0.2) is 21.9 Å². The molecule has 0 atom stereocenters. The van der Waals surface area contributed by atoms with E-state index in [1.165, 1.54) is 17.0 Å². The van der Waals surface area contributed by atoms with Crippen LogP contribution < -0.4 is 4.72 Å². The fourth-order valence-electron chi connectivity index (χ4n) is 2.22. The lowest BCUT2D eigenvalue weighted by atomic mass is 10.2. The Bertz CT molecular complexity index is 872. The zero-order valence-corrected chi connectivity index (χ0v) is 16.6. The van der Waals surface area contributed by atoms with Gasteiger partial charge in [0.2, 0.25) is 5.91 Å². The van der Waals surface area contributed by atoms with E-state index in [2.05, 4.69) is 4.72 Å². The van der Waals surface area contributed by atoms with Gasteiger partial charge >= 0.3 is 0 Å². The molecule has 0 fully saturated rings. The van der Waals surface area contributed by atoms with Crippen LogP contribution in [0.1, 0.15) is 5.56 Å². The van der Waals surface area contributed by atoms with Crippen LogP contribution in [-0.4, -0.2) is 57.9 Å². The van der Waals surface area contributed by atoms with Crippen LogP contribution in [0.15, 0.2) is 39.9 Å². The number of rotatable bonds is 9. The molecule has 1 aromatic heterocycles. The lowest BCUT2D eigenvalue weighted by molar-refractivity contribution is -0.130. The molecular formula is C17H21F2N3O3S2. The Labute approximate surface area is 161 Å². The van der Waals surface area contributed by atoms with Gasteiger partial charge in [0.15, 0.2) is 0 Å². The first-order valence-corrected chi connectivity index (χ1v) is 10.4. The highest BCUT2D eigenvalue weighted by Crippen LogP contribution is 2.16. The summed E-state index contributed by atoms with van der Waals surface area (Å²) in [7, 11) is -0.136. The molecule has 6 nitrogen and oxygen atoms in total. The zero-order valence-electron chi connectivity index (χ0n) is 15.0. The van der Waals surface area contributed by atoms with E-state index in [1.54, 1.807) is 11.4 Å². The second-order valence-electron chi connectivity index (χ2n) is 6.11. The fraction of sp³-hybridized carbons (Fsp3) is 0.353. The van der Waals surface area contributed by atoms with Crippen LogP contribution in [-0.2, 0) is 21.4 Å². The second-order valence-corrected chi connectivity index (χ2v) is 9.05. The van der Waals surface area contributed by atoms with Crippen molar-refractivity contribution in [3.63, 3.8) is 0 Å². The van der Waals surface area contributed by atoms with E-state index in [-0.39, 0.29) is 22.9 Å². The molecule has 0 aliphatic heterocycles. The summed E-state index contributed by atoms with van der Waals surface area (Å²) < 4.78 is 53.7. The molecule has 0 radical (unpaired) electrons. The molecule has 1 amide bonds.